The summed E-state index contributed by atoms with van der Waals surface area (Å²) >= 11 is 15.8. The fraction of sp³-hybridized carbons (Fsp3) is 0.200. The van der Waals surface area contributed by atoms with E-state index in [4.69, 9.17) is 23.2 Å². The van der Waals surface area contributed by atoms with Gasteiger partial charge in [-0.05, 0) is 41.7 Å². The summed E-state index contributed by atoms with van der Waals surface area (Å²) in [6, 6.07) is 16.1. The zero-order valence-electron chi connectivity index (χ0n) is 9.74. The molecule has 18 heavy (non-hydrogen) atoms. The number of hydrogen-bond donors (Lipinski definition) is 0. The number of benzene rings is 2. The first kappa shape index (κ1) is 13.9. The van der Waals surface area contributed by atoms with Gasteiger partial charge in [-0.15, -0.1) is 0 Å². The minimum absolute atomic E-state index is 0.405. The molecule has 0 radical (unpaired) electrons. The first-order valence-electron chi connectivity index (χ1n) is 5.75. The van der Waals surface area contributed by atoms with Gasteiger partial charge in [0.05, 0.1) is 0 Å². The van der Waals surface area contributed by atoms with E-state index in [0.29, 0.717) is 5.92 Å². The second-order valence-electron chi connectivity index (χ2n) is 4.20. The molecule has 0 aliphatic carbocycles. The fourth-order valence-corrected chi connectivity index (χ4v) is 2.94. The molecule has 0 heterocycles. The van der Waals surface area contributed by atoms with Crippen LogP contribution in [0.25, 0.3) is 0 Å². The Balaban J connectivity index is 2.23. The third-order valence-corrected chi connectivity index (χ3v) is 4.32. The van der Waals surface area contributed by atoms with Crippen LogP contribution in [0.5, 0.6) is 0 Å². The van der Waals surface area contributed by atoms with Gasteiger partial charge in [-0.3, -0.25) is 0 Å². The normalized spacial score (nSPS) is 12.4. The van der Waals surface area contributed by atoms with E-state index in [9.17, 15) is 0 Å². The lowest BCUT2D eigenvalue weighted by Crippen LogP contribution is -2.04. The Kier molecular flexibility index (Phi) is 5.11. The van der Waals surface area contributed by atoms with Crippen molar-refractivity contribution in [2.45, 2.75) is 12.3 Å². The highest BCUT2D eigenvalue weighted by atomic mass is 79.9. The number of hydrogen-bond acceptors (Lipinski definition) is 0. The van der Waals surface area contributed by atoms with Gasteiger partial charge < -0.3 is 0 Å². The van der Waals surface area contributed by atoms with Crippen molar-refractivity contribution in [1.29, 1.82) is 0 Å². The van der Waals surface area contributed by atoms with E-state index in [2.05, 4.69) is 40.2 Å². The molecule has 0 fully saturated rings. The van der Waals surface area contributed by atoms with Crippen LogP contribution in [0.2, 0.25) is 10.0 Å². The van der Waals surface area contributed by atoms with E-state index in [1.165, 1.54) is 5.56 Å². The smallest absolute Gasteiger partial charge is 0.0439 e. The molecule has 2 aromatic carbocycles. The third-order valence-electron chi connectivity index (χ3n) is 2.93. The van der Waals surface area contributed by atoms with E-state index >= 15 is 0 Å². The molecule has 0 amide bonds. The van der Waals surface area contributed by atoms with Gasteiger partial charge in [0.15, 0.2) is 0 Å². The minimum atomic E-state index is 0.405. The van der Waals surface area contributed by atoms with Gasteiger partial charge in [-0.1, -0.05) is 69.5 Å². The Morgan fingerprint density at radius 2 is 1.72 bits per heavy atom. The zero-order chi connectivity index (χ0) is 13.0. The van der Waals surface area contributed by atoms with Crippen LogP contribution in [0.4, 0.5) is 0 Å². The van der Waals surface area contributed by atoms with Crippen LogP contribution >= 0.6 is 39.1 Å². The predicted molar refractivity (Wildman–Crippen MR) is 83.1 cm³/mol. The van der Waals surface area contributed by atoms with Crippen molar-refractivity contribution >= 4 is 39.1 Å². The molecule has 0 nitrogen and oxygen atoms in total. The molecule has 0 saturated carbocycles. The predicted octanol–water partition coefficient (Wildman–Crippen LogP) is 5.71. The second-order valence-corrected chi connectivity index (χ2v) is 5.69. The summed E-state index contributed by atoms with van der Waals surface area (Å²) in [5.41, 5.74) is 2.41. The van der Waals surface area contributed by atoms with Crippen molar-refractivity contribution in [3.63, 3.8) is 0 Å². The molecule has 3 heteroatoms. The summed E-state index contributed by atoms with van der Waals surface area (Å²) in [5.74, 6) is 0.405. The van der Waals surface area contributed by atoms with E-state index < -0.39 is 0 Å². The third kappa shape index (κ3) is 3.50. The second kappa shape index (κ2) is 6.60. The van der Waals surface area contributed by atoms with Crippen molar-refractivity contribution < 1.29 is 0 Å². The summed E-state index contributed by atoms with van der Waals surface area (Å²) in [4.78, 5) is 0. The summed E-state index contributed by atoms with van der Waals surface area (Å²) in [5, 5.41) is 2.41. The van der Waals surface area contributed by atoms with Crippen LogP contribution in [0.15, 0.2) is 48.5 Å². The van der Waals surface area contributed by atoms with Gasteiger partial charge in [-0.2, -0.15) is 0 Å². The fourth-order valence-electron chi connectivity index (χ4n) is 1.95. The maximum absolute atomic E-state index is 6.21. The van der Waals surface area contributed by atoms with Crippen LogP contribution in [0.3, 0.4) is 0 Å². The topological polar surface area (TPSA) is 0 Å². The van der Waals surface area contributed by atoms with Crippen molar-refractivity contribution in [3.05, 3.63) is 69.7 Å². The standard InChI is InChI=1S/C15H13BrCl2/c16-10-13(11-4-2-1-3-5-11)8-12-9-14(17)6-7-15(12)18/h1-7,9,13H,8,10H2. The molecule has 0 bridgehead atoms. The summed E-state index contributed by atoms with van der Waals surface area (Å²) in [6.07, 6.45) is 0.884. The van der Waals surface area contributed by atoms with E-state index in [1.54, 1.807) is 0 Å². The van der Waals surface area contributed by atoms with Crippen molar-refractivity contribution in [1.82, 2.24) is 0 Å². The number of rotatable bonds is 4. The molecule has 1 unspecified atom stereocenters. The molecule has 0 aliphatic rings. The molecule has 2 aromatic rings. The summed E-state index contributed by atoms with van der Waals surface area (Å²) in [6.45, 7) is 0. The molecule has 1 atom stereocenters. The van der Waals surface area contributed by atoms with Crippen LogP contribution in [-0.2, 0) is 6.42 Å². The summed E-state index contributed by atoms with van der Waals surface area (Å²) in [7, 11) is 0. The number of alkyl halides is 1. The first-order valence-corrected chi connectivity index (χ1v) is 7.63. The Bertz CT molecular complexity index is 511. The minimum Gasteiger partial charge on any atom is -0.0921 e. The van der Waals surface area contributed by atoms with Gasteiger partial charge in [-0.25, -0.2) is 0 Å². The average Bonchev–Trinajstić information content (AvgIpc) is 2.41. The van der Waals surface area contributed by atoms with E-state index in [0.717, 1.165) is 27.4 Å². The van der Waals surface area contributed by atoms with Crippen LogP contribution in [0.1, 0.15) is 17.0 Å². The molecule has 0 saturated heterocycles. The Morgan fingerprint density at radius 3 is 2.39 bits per heavy atom. The molecular weight excluding hydrogens is 331 g/mol. The highest BCUT2D eigenvalue weighted by Crippen LogP contribution is 2.28. The Labute approximate surface area is 126 Å². The Hall–Kier alpha value is -0.500. The highest BCUT2D eigenvalue weighted by molar-refractivity contribution is 9.09. The van der Waals surface area contributed by atoms with Gasteiger partial charge in [0.25, 0.3) is 0 Å². The molecule has 0 spiro atoms. The molecular formula is C15H13BrCl2. The number of halogens is 3. The maximum Gasteiger partial charge on any atom is 0.0439 e. The Morgan fingerprint density at radius 1 is 1.00 bits per heavy atom. The van der Waals surface area contributed by atoms with Crippen LogP contribution in [0, 0.1) is 0 Å². The molecule has 2 rings (SSSR count). The lowest BCUT2D eigenvalue weighted by atomic mass is 9.94. The monoisotopic (exact) mass is 342 g/mol. The van der Waals surface area contributed by atoms with Gasteiger partial charge in [0, 0.05) is 15.4 Å². The van der Waals surface area contributed by atoms with Crippen LogP contribution in [-0.4, -0.2) is 5.33 Å². The van der Waals surface area contributed by atoms with Gasteiger partial charge >= 0.3 is 0 Å². The maximum atomic E-state index is 6.21. The molecule has 0 aromatic heterocycles. The lowest BCUT2D eigenvalue weighted by molar-refractivity contribution is 0.776. The van der Waals surface area contributed by atoms with Crippen molar-refractivity contribution in [2.24, 2.45) is 0 Å². The van der Waals surface area contributed by atoms with E-state index in [1.807, 2.05) is 24.3 Å². The molecule has 94 valence electrons. The SMILES string of the molecule is Clc1ccc(Cl)c(CC(CBr)c2ccccc2)c1. The quantitative estimate of drug-likeness (QED) is 0.623. The average molecular weight is 344 g/mol. The largest absolute Gasteiger partial charge is 0.0921 e. The molecule has 0 N–H and O–H groups in total. The van der Waals surface area contributed by atoms with Gasteiger partial charge in [0.1, 0.15) is 0 Å². The van der Waals surface area contributed by atoms with Gasteiger partial charge in [0.2, 0.25) is 0 Å². The first-order chi connectivity index (χ1) is 8.70. The van der Waals surface area contributed by atoms with Crippen LogP contribution < -0.4 is 0 Å². The summed E-state index contributed by atoms with van der Waals surface area (Å²) < 4.78 is 0. The lowest BCUT2D eigenvalue weighted by Gasteiger charge is -2.15. The van der Waals surface area contributed by atoms with Crippen molar-refractivity contribution in [2.75, 3.05) is 5.33 Å². The highest BCUT2D eigenvalue weighted by Gasteiger charge is 2.13. The van der Waals surface area contributed by atoms with E-state index in [-0.39, 0.29) is 0 Å². The zero-order valence-corrected chi connectivity index (χ0v) is 12.8. The van der Waals surface area contributed by atoms with Crippen molar-refractivity contribution in [3.8, 4) is 0 Å². The molecule has 0 aliphatic heterocycles.